The number of rotatable bonds is 7. The van der Waals surface area contributed by atoms with Gasteiger partial charge < -0.3 is 14.2 Å². The number of aliphatic imine (C=N–C) groups is 1. The molecule has 2 aromatic rings. The number of aromatic nitrogens is 3. The average Bonchev–Trinajstić information content (AvgIpc) is 3.22. The Kier molecular flexibility index (Phi) is 7.60. The van der Waals surface area contributed by atoms with Crippen LogP contribution in [0.1, 0.15) is 26.3 Å². The number of urea groups is 1. The summed E-state index contributed by atoms with van der Waals surface area (Å²) in [6.45, 7) is 10.2. The number of carbonyl (C=O) groups is 1. The zero-order valence-corrected chi connectivity index (χ0v) is 21.1. The van der Waals surface area contributed by atoms with Crippen LogP contribution < -0.4 is 19.9 Å². The Morgan fingerprint density at radius 3 is 2.77 bits per heavy atom. The fourth-order valence-corrected chi connectivity index (χ4v) is 4.33. The number of carbonyl (C=O) groups excluding carboxylic acids is 1. The minimum atomic E-state index is -3.67. The van der Waals surface area contributed by atoms with Crippen LogP contribution in [-0.2, 0) is 21.2 Å². The van der Waals surface area contributed by atoms with Crippen molar-refractivity contribution in [3.8, 4) is 11.8 Å². The van der Waals surface area contributed by atoms with Crippen LogP contribution in [0, 0.1) is 5.41 Å². The molecule has 3 rings (SSSR count). The molecular weight excluding hydrogens is 474 g/mol. The number of ether oxygens (including phenoxy) is 3. The maximum absolute atomic E-state index is 13.2. The zero-order valence-electron chi connectivity index (χ0n) is 20.3. The van der Waals surface area contributed by atoms with Crippen molar-refractivity contribution in [3.05, 3.63) is 41.9 Å². The summed E-state index contributed by atoms with van der Waals surface area (Å²) in [5.74, 6) is 0.841. The molecule has 1 aliphatic heterocycles. The van der Waals surface area contributed by atoms with Crippen LogP contribution in [0.2, 0.25) is 0 Å². The molecule has 1 unspecified atom stereocenters. The highest BCUT2D eigenvalue weighted by atomic mass is 32.2. The number of hydrogen-bond donors (Lipinski definition) is 2. The van der Waals surface area contributed by atoms with Gasteiger partial charge in [-0.05, 0) is 25.3 Å². The topological polar surface area (TPSA) is 155 Å². The third kappa shape index (κ3) is 5.87. The van der Waals surface area contributed by atoms with Crippen LogP contribution in [0.3, 0.4) is 0 Å². The van der Waals surface area contributed by atoms with Crippen molar-refractivity contribution >= 4 is 34.1 Å². The van der Waals surface area contributed by atoms with Gasteiger partial charge in [0.25, 0.3) is 0 Å². The average molecular weight is 504 g/mol. The Morgan fingerprint density at radius 2 is 2.14 bits per heavy atom. The van der Waals surface area contributed by atoms with E-state index in [1.54, 1.807) is 35.9 Å². The maximum Gasteiger partial charge on any atom is 0.356 e. The number of nitrogens with one attached hydrogen (secondary N) is 1. The summed E-state index contributed by atoms with van der Waals surface area (Å²) < 4.78 is 34.6. The molecule has 0 spiro atoms. The highest BCUT2D eigenvalue weighted by molar-refractivity contribution is 7.91. The van der Waals surface area contributed by atoms with E-state index in [4.69, 9.17) is 19.3 Å². The van der Waals surface area contributed by atoms with E-state index in [1.807, 2.05) is 13.8 Å². The SMILES string of the molecule is C=N/C(=C\C(=C/C)c1ccc(OC)nc1NC(=O)N=S(N)(=O)c1cnn2c1OCC(C)(C)C2)OC. The standard InChI is InChI=1S/C22H29N7O5S/c1-7-14(10-18(24-4)33-6)15-8-9-17(32-5)26-19(15)27-21(30)28-35(23,31)16-11-25-29-12-22(2,3)13-34-20(16)29/h7-11H,4,12-13H2,1-3,5-6H3,(H3,23,26,27,28,30,31)/b14-7+,18-10+. The summed E-state index contributed by atoms with van der Waals surface area (Å²) in [5.41, 5.74) is 0.972. The first-order valence-corrected chi connectivity index (χ1v) is 12.1. The van der Waals surface area contributed by atoms with Crippen molar-refractivity contribution in [1.82, 2.24) is 14.8 Å². The van der Waals surface area contributed by atoms with Crippen LogP contribution >= 0.6 is 0 Å². The van der Waals surface area contributed by atoms with Gasteiger partial charge in [-0.25, -0.2) is 23.8 Å². The van der Waals surface area contributed by atoms with Gasteiger partial charge in [-0.1, -0.05) is 19.9 Å². The molecule has 1 aliphatic rings. The second kappa shape index (κ2) is 10.3. The lowest BCUT2D eigenvalue weighted by Gasteiger charge is -2.30. The van der Waals surface area contributed by atoms with E-state index in [0.717, 1.165) is 0 Å². The number of amides is 2. The van der Waals surface area contributed by atoms with Crippen LogP contribution in [0.15, 0.2) is 50.6 Å². The molecule has 1 atom stereocenters. The third-order valence-corrected chi connectivity index (χ3v) is 6.39. The summed E-state index contributed by atoms with van der Waals surface area (Å²) >= 11 is 0. The molecular formula is C22H29N7O5S. The predicted molar refractivity (Wildman–Crippen MR) is 133 cm³/mol. The number of nitrogens with zero attached hydrogens (tertiary/aromatic N) is 5. The van der Waals surface area contributed by atoms with Gasteiger partial charge in [-0.2, -0.15) is 10.1 Å². The summed E-state index contributed by atoms with van der Waals surface area (Å²) in [6, 6.07) is 2.34. The Hall–Kier alpha value is -3.71. The van der Waals surface area contributed by atoms with Gasteiger partial charge in [0.2, 0.25) is 17.6 Å². The van der Waals surface area contributed by atoms with Gasteiger partial charge >= 0.3 is 6.03 Å². The first kappa shape index (κ1) is 25.9. The first-order chi connectivity index (χ1) is 16.5. The molecule has 0 saturated heterocycles. The summed E-state index contributed by atoms with van der Waals surface area (Å²) in [5, 5.41) is 12.7. The normalized spacial score (nSPS) is 16.9. The number of hydrogen-bond acceptors (Lipinski definition) is 8. The zero-order chi connectivity index (χ0) is 25.8. The summed E-state index contributed by atoms with van der Waals surface area (Å²) in [7, 11) is -0.772. The molecule has 13 heteroatoms. The molecule has 35 heavy (non-hydrogen) atoms. The smallest absolute Gasteiger partial charge is 0.356 e. The Bertz CT molecular complexity index is 1320. The number of pyridine rings is 1. The number of anilines is 1. The maximum atomic E-state index is 13.2. The minimum absolute atomic E-state index is 0.0424. The second-order valence-electron chi connectivity index (χ2n) is 8.35. The van der Waals surface area contributed by atoms with E-state index in [9.17, 15) is 9.00 Å². The van der Waals surface area contributed by atoms with Gasteiger partial charge in [0.1, 0.15) is 10.7 Å². The molecule has 2 amide bonds. The minimum Gasteiger partial charge on any atom is -0.481 e. The van der Waals surface area contributed by atoms with E-state index in [0.29, 0.717) is 24.3 Å². The fraction of sp³-hybridized carbons (Fsp3) is 0.364. The Labute approximate surface area is 204 Å². The van der Waals surface area contributed by atoms with E-state index in [1.165, 1.54) is 20.4 Å². The molecule has 0 radical (unpaired) electrons. The predicted octanol–water partition coefficient (Wildman–Crippen LogP) is 3.23. The van der Waals surface area contributed by atoms with Crippen LogP contribution in [0.25, 0.3) is 5.57 Å². The number of methoxy groups -OCH3 is 2. The van der Waals surface area contributed by atoms with Gasteiger partial charge in [0.15, 0.2) is 9.92 Å². The number of allylic oxidation sites excluding steroid dienone is 3. The quantitative estimate of drug-likeness (QED) is 0.334. The molecule has 12 nitrogen and oxygen atoms in total. The summed E-state index contributed by atoms with van der Waals surface area (Å²) in [4.78, 5) is 20.9. The van der Waals surface area contributed by atoms with E-state index in [2.05, 4.69) is 31.5 Å². The van der Waals surface area contributed by atoms with E-state index < -0.39 is 15.9 Å². The van der Waals surface area contributed by atoms with Gasteiger partial charge in [-0.15, -0.1) is 4.36 Å². The molecule has 2 aromatic heterocycles. The van der Waals surface area contributed by atoms with Crippen LogP contribution in [0.4, 0.5) is 10.6 Å². The fourth-order valence-electron chi connectivity index (χ4n) is 3.33. The van der Waals surface area contributed by atoms with Crippen molar-refractivity contribution in [1.29, 1.82) is 0 Å². The van der Waals surface area contributed by atoms with Gasteiger partial charge in [0.05, 0.1) is 33.6 Å². The van der Waals surface area contributed by atoms with Gasteiger partial charge in [-0.3, -0.25) is 5.32 Å². The van der Waals surface area contributed by atoms with E-state index >= 15 is 0 Å². The second-order valence-corrected chi connectivity index (χ2v) is 10.1. The molecule has 0 fully saturated rings. The lowest BCUT2D eigenvalue weighted by Crippen LogP contribution is -2.33. The summed E-state index contributed by atoms with van der Waals surface area (Å²) in [6.07, 6.45) is 4.69. The molecule has 0 aromatic carbocycles. The molecule has 3 heterocycles. The van der Waals surface area contributed by atoms with Crippen molar-refractivity contribution in [2.75, 3.05) is 26.1 Å². The highest BCUT2D eigenvalue weighted by Crippen LogP contribution is 2.33. The molecule has 0 aliphatic carbocycles. The largest absolute Gasteiger partial charge is 0.481 e. The molecule has 3 N–H and O–H groups in total. The van der Waals surface area contributed by atoms with Crippen LogP contribution in [0.5, 0.6) is 11.8 Å². The van der Waals surface area contributed by atoms with Crippen molar-refractivity contribution in [2.24, 2.45) is 19.9 Å². The number of fused-ring (bicyclic) bond motifs is 1. The molecule has 0 bridgehead atoms. The van der Waals surface area contributed by atoms with Gasteiger partial charge in [0, 0.05) is 23.1 Å². The Balaban J connectivity index is 1.97. The Morgan fingerprint density at radius 1 is 1.40 bits per heavy atom. The van der Waals surface area contributed by atoms with E-state index in [-0.39, 0.29) is 33.8 Å². The lowest BCUT2D eigenvalue weighted by molar-refractivity contribution is 0.0972. The third-order valence-electron chi connectivity index (χ3n) is 5.04. The molecule has 188 valence electrons. The van der Waals surface area contributed by atoms with Crippen molar-refractivity contribution in [3.63, 3.8) is 0 Å². The van der Waals surface area contributed by atoms with Crippen LogP contribution in [-0.4, -0.2) is 52.5 Å². The van der Waals surface area contributed by atoms with Crippen molar-refractivity contribution < 1.29 is 23.2 Å². The van der Waals surface area contributed by atoms with Crippen molar-refractivity contribution in [2.45, 2.75) is 32.2 Å². The molecule has 0 saturated carbocycles. The monoisotopic (exact) mass is 503 g/mol. The first-order valence-electron chi connectivity index (χ1n) is 10.5. The lowest BCUT2D eigenvalue weighted by atomic mass is 9.94. The highest BCUT2D eigenvalue weighted by Gasteiger charge is 2.32. The number of nitrogens with two attached hydrogens (primary N) is 1.